The summed E-state index contributed by atoms with van der Waals surface area (Å²) in [5.74, 6) is 0.306. The lowest BCUT2D eigenvalue weighted by atomic mass is 10.0. The highest BCUT2D eigenvalue weighted by Gasteiger charge is 2.28. The monoisotopic (exact) mass is 587 g/mol. The number of ether oxygens (including phenoxy) is 2. The molecule has 0 aliphatic carbocycles. The number of nitrogens with zero attached hydrogens (tertiary/aromatic N) is 3. The molecule has 230 valence electrons. The predicted octanol–water partition coefficient (Wildman–Crippen LogP) is 4.69. The van der Waals surface area contributed by atoms with Gasteiger partial charge in [-0.3, -0.25) is 19.5 Å². The molecule has 0 fully saturated rings. The van der Waals surface area contributed by atoms with Crippen molar-refractivity contribution in [1.82, 2.24) is 20.1 Å². The standard InChI is InChI=1S/C34H45N5O4/c1-6-16-35-19-33(40)37-28-14-15-31-29(18-28)34(41)38(4)22-32(42-5)24(2)20-39(25(3)23-43-31)21-26-10-12-27(13-11-26)30-9-7-8-17-36-30/h7-15,17-18,24-25,32,35H,6,16,19-23H2,1-5H3,(H,37,40)/t24-,25-,32-/m0/s1. The Morgan fingerprint density at radius 2 is 1.88 bits per heavy atom. The highest BCUT2D eigenvalue weighted by Crippen LogP contribution is 2.27. The number of pyridine rings is 1. The molecule has 9 nitrogen and oxygen atoms in total. The van der Waals surface area contributed by atoms with Gasteiger partial charge < -0.3 is 25.0 Å². The maximum Gasteiger partial charge on any atom is 0.257 e. The number of amides is 2. The number of likely N-dealkylation sites (N-methyl/N-ethyl adjacent to an activating group) is 1. The van der Waals surface area contributed by atoms with Crippen molar-refractivity contribution in [3.63, 3.8) is 0 Å². The van der Waals surface area contributed by atoms with Gasteiger partial charge in [0, 0.05) is 57.3 Å². The maximum atomic E-state index is 13.6. The summed E-state index contributed by atoms with van der Waals surface area (Å²) in [6.07, 6.45) is 2.59. The van der Waals surface area contributed by atoms with E-state index in [2.05, 4.69) is 58.6 Å². The van der Waals surface area contributed by atoms with E-state index in [-0.39, 0.29) is 36.4 Å². The van der Waals surface area contributed by atoms with Crippen molar-refractivity contribution >= 4 is 17.5 Å². The van der Waals surface area contributed by atoms with Crippen molar-refractivity contribution < 1.29 is 19.1 Å². The van der Waals surface area contributed by atoms with E-state index in [0.717, 1.165) is 37.3 Å². The molecule has 4 rings (SSSR count). The molecule has 2 amide bonds. The first-order valence-electron chi connectivity index (χ1n) is 15.1. The van der Waals surface area contributed by atoms with Crippen LogP contribution in [0.2, 0.25) is 0 Å². The average molecular weight is 588 g/mol. The first-order valence-corrected chi connectivity index (χ1v) is 15.1. The molecule has 0 saturated heterocycles. The Hall–Kier alpha value is -3.79. The lowest BCUT2D eigenvalue weighted by Crippen LogP contribution is -2.46. The molecule has 1 aromatic heterocycles. The second-order valence-electron chi connectivity index (χ2n) is 11.4. The molecule has 0 unspecified atom stereocenters. The molecular formula is C34H45N5O4. The quantitative estimate of drug-likeness (QED) is 0.351. The molecule has 43 heavy (non-hydrogen) atoms. The predicted molar refractivity (Wildman–Crippen MR) is 170 cm³/mol. The van der Waals surface area contributed by atoms with Gasteiger partial charge in [-0.05, 0) is 61.7 Å². The fraction of sp³-hybridized carbons (Fsp3) is 0.441. The van der Waals surface area contributed by atoms with Crippen LogP contribution in [0.3, 0.4) is 0 Å². The van der Waals surface area contributed by atoms with E-state index in [1.807, 2.05) is 25.1 Å². The van der Waals surface area contributed by atoms with E-state index < -0.39 is 0 Å². The normalized spacial score (nSPS) is 20.0. The second-order valence-corrected chi connectivity index (χ2v) is 11.4. The second kappa shape index (κ2) is 15.6. The highest BCUT2D eigenvalue weighted by molar-refractivity contribution is 5.99. The first kappa shape index (κ1) is 32.1. The number of carbonyl (C=O) groups excluding carboxylic acids is 2. The van der Waals surface area contributed by atoms with Crippen LogP contribution in [0.1, 0.15) is 43.1 Å². The molecular weight excluding hydrogens is 542 g/mol. The molecule has 3 aromatic rings. The van der Waals surface area contributed by atoms with Crippen molar-refractivity contribution in [2.75, 3.05) is 52.3 Å². The number of aromatic nitrogens is 1. The van der Waals surface area contributed by atoms with Crippen LogP contribution in [0.4, 0.5) is 5.69 Å². The Bertz CT molecular complexity index is 1330. The lowest BCUT2D eigenvalue weighted by molar-refractivity contribution is -0.115. The molecule has 1 aliphatic heterocycles. The average Bonchev–Trinajstić information content (AvgIpc) is 3.02. The zero-order chi connectivity index (χ0) is 30.8. The third kappa shape index (κ3) is 8.86. The van der Waals surface area contributed by atoms with E-state index in [0.29, 0.717) is 30.2 Å². The van der Waals surface area contributed by atoms with Crippen LogP contribution in [0.15, 0.2) is 66.9 Å². The van der Waals surface area contributed by atoms with Crippen molar-refractivity contribution in [2.24, 2.45) is 5.92 Å². The number of methoxy groups -OCH3 is 1. The van der Waals surface area contributed by atoms with Gasteiger partial charge in [-0.25, -0.2) is 0 Å². The van der Waals surface area contributed by atoms with E-state index in [1.165, 1.54) is 5.56 Å². The number of hydrogen-bond donors (Lipinski definition) is 2. The van der Waals surface area contributed by atoms with Crippen LogP contribution in [0.5, 0.6) is 5.75 Å². The van der Waals surface area contributed by atoms with E-state index in [1.54, 1.807) is 43.5 Å². The number of nitrogens with one attached hydrogen (secondary N) is 2. The fourth-order valence-electron chi connectivity index (χ4n) is 5.28. The number of rotatable bonds is 9. The van der Waals surface area contributed by atoms with Gasteiger partial charge in [-0.2, -0.15) is 0 Å². The summed E-state index contributed by atoms with van der Waals surface area (Å²) in [5, 5.41) is 5.99. The van der Waals surface area contributed by atoms with Crippen molar-refractivity contribution in [1.29, 1.82) is 0 Å². The summed E-state index contributed by atoms with van der Waals surface area (Å²) in [6, 6.07) is 19.8. The van der Waals surface area contributed by atoms with Gasteiger partial charge >= 0.3 is 0 Å². The summed E-state index contributed by atoms with van der Waals surface area (Å²) in [7, 11) is 3.48. The van der Waals surface area contributed by atoms with Gasteiger partial charge in [-0.15, -0.1) is 0 Å². The zero-order valence-corrected chi connectivity index (χ0v) is 26.0. The number of benzene rings is 2. The topological polar surface area (TPSA) is 96.0 Å². The summed E-state index contributed by atoms with van der Waals surface area (Å²) in [4.78, 5) is 34.6. The van der Waals surface area contributed by atoms with Crippen LogP contribution in [-0.4, -0.2) is 85.7 Å². The summed E-state index contributed by atoms with van der Waals surface area (Å²) >= 11 is 0. The Morgan fingerprint density at radius 3 is 2.58 bits per heavy atom. The summed E-state index contributed by atoms with van der Waals surface area (Å²) in [5.41, 5.74) is 4.20. The minimum atomic E-state index is -0.178. The minimum absolute atomic E-state index is 0.0551. The van der Waals surface area contributed by atoms with Crippen LogP contribution in [0.25, 0.3) is 11.3 Å². The zero-order valence-electron chi connectivity index (χ0n) is 26.0. The molecule has 9 heteroatoms. The molecule has 1 aliphatic rings. The Kier molecular flexibility index (Phi) is 11.7. The van der Waals surface area contributed by atoms with Crippen LogP contribution < -0.4 is 15.4 Å². The number of carbonyl (C=O) groups is 2. The molecule has 2 aromatic carbocycles. The largest absolute Gasteiger partial charge is 0.491 e. The molecule has 2 heterocycles. The van der Waals surface area contributed by atoms with Gasteiger partial charge in [-0.1, -0.05) is 44.2 Å². The van der Waals surface area contributed by atoms with E-state index in [9.17, 15) is 9.59 Å². The van der Waals surface area contributed by atoms with Crippen LogP contribution >= 0.6 is 0 Å². The van der Waals surface area contributed by atoms with Gasteiger partial charge in [0.05, 0.1) is 23.9 Å². The maximum absolute atomic E-state index is 13.6. The molecule has 0 saturated carbocycles. The van der Waals surface area contributed by atoms with E-state index >= 15 is 0 Å². The smallest absolute Gasteiger partial charge is 0.257 e. The van der Waals surface area contributed by atoms with Crippen molar-refractivity contribution in [3.8, 4) is 17.0 Å². The lowest BCUT2D eigenvalue weighted by Gasteiger charge is -2.36. The highest BCUT2D eigenvalue weighted by atomic mass is 16.5. The van der Waals surface area contributed by atoms with E-state index in [4.69, 9.17) is 9.47 Å². The van der Waals surface area contributed by atoms with Gasteiger partial charge in [0.25, 0.3) is 5.91 Å². The number of hydrogen-bond acceptors (Lipinski definition) is 7. The molecule has 0 radical (unpaired) electrons. The SMILES string of the molecule is CCCNCC(=O)Nc1ccc2c(c1)C(=O)N(C)C[C@H](OC)[C@@H](C)CN(Cc1ccc(-c3ccccn3)cc1)[C@@H](C)CO2. The third-order valence-corrected chi connectivity index (χ3v) is 7.87. The fourth-order valence-corrected chi connectivity index (χ4v) is 5.28. The number of fused-ring (bicyclic) bond motifs is 1. The van der Waals surface area contributed by atoms with Crippen molar-refractivity contribution in [2.45, 2.75) is 45.9 Å². The van der Waals surface area contributed by atoms with Crippen molar-refractivity contribution in [3.05, 3.63) is 78.0 Å². The first-order chi connectivity index (χ1) is 20.8. The Balaban J connectivity index is 1.55. The number of anilines is 1. The Morgan fingerprint density at radius 1 is 1.09 bits per heavy atom. The van der Waals surface area contributed by atoms with Gasteiger partial charge in [0.1, 0.15) is 12.4 Å². The molecule has 3 atom stereocenters. The Labute approximate surface area is 255 Å². The van der Waals surface area contributed by atoms with Crippen LogP contribution in [-0.2, 0) is 16.1 Å². The summed E-state index contributed by atoms with van der Waals surface area (Å²) < 4.78 is 12.2. The van der Waals surface area contributed by atoms with Gasteiger partial charge in [0.2, 0.25) is 5.91 Å². The minimum Gasteiger partial charge on any atom is -0.491 e. The summed E-state index contributed by atoms with van der Waals surface area (Å²) in [6.45, 7) is 9.67. The van der Waals surface area contributed by atoms with Crippen LogP contribution in [0, 0.1) is 5.92 Å². The molecule has 0 spiro atoms. The van der Waals surface area contributed by atoms with Gasteiger partial charge in [0.15, 0.2) is 0 Å². The third-order valence-electron chi connectivity index (χ3n) is 7.87. The molecule has 0 bridgehead atoms. The molecule has 2 N–H and O–H groups in total.